The summed E-state index contributed by atoms with van der Waals surface area (Å²) in [4.78, 5) is 22.3. The van der Waals surface area contributed by atoms with E-state index in [0.29, 0.717) is 5.69 Å². The third kappa shape index (κ3) is 3.51. The van der Waals surface area contributed by atoms with Crippen molar-refractivity contribution in [1.82, 2.24) is 14.4 Å². The molecule has 3 aromatic heterocycles. The largest absolute Gasteiger partial charge is 0.359 e. The van der Waals surface area contributed by atoms with E-state index in [1.54, 1.807) is 29.7 Å². The third-order valence-corrected chi connectivity index (χ3v) is 5.40. The molecule has 0 bridgehead atoms. The molecule has 5 heteroatoms. The van der Waals surface area contributed by atoms with Gasteiger partial charge < -0.3 is 4.98 Å². The van der Waals surface area contributed by atoms with Crippen LogP contribution >= 0.6 is 11.3 Å². The number of fused-ring (bicyclic) bond motifs is 1. The summed E-state index contributed by atoms with van der Waals surface area (Å²) in [5.41, 5.74) is 4.81. The smallest absolute Gasteiger partial charge is 0.202 e. The molecule has 4 nitrogen and oxygen atoms in total. The van der Waals surface area contributed by atoms with E-state index in [4.69, 9.17) is 4.98 Å². The van der Waals surface area contributed by atoms with Gasteiger partial charge >= 0.3 is 0 Å². The molecule has 1 N–H and O–H groups in total. The van der Waals surface area contributed by atoms with Crippen LogP contribution in [0.25, 0.3) is 22.3 Å². The number of carbonyl (C=O) groups is 1. The van der Waals surface area contributed by atoms with Crippen molar-refractivity contribution < 1.29 is 4.79 Å². The van der Waals surface area contributed by atoms with Gasteiger partial charge in [0, 0.05) is 22.8 Å². The molecule has 4 rings (SSSR count). The number of imidazole rings is 1. The second-order valence-electron chi connectivity index (χ2n) is 6.57. The van der Waals surface area contributed by atoms with Crippen molar-refractivity contribution >= 4 is 28.2 Å². The van der Waals surface area contributed by atoms with Gasteiger partial charge in [0.1, 0.15) is 0 Å². The van der Waals surface area contributed by atoms with Crippen LogP contribution in [0.1, 0.15) is 40.0 Å². The zero-order valence-corrected chi connectivity index (χ0v) is 16.2. The zero-order chi connectivity index (χ0) is 18.8. The van der Waals surface area contributed by atoms with Crippen molar-refractivity contribution in [3.05, 3.63) is 76.7 Å². The average molecular weight is 375 g/mol. The van der Waals surface area contributed by atoms with Crippen LogP contribution < -0.4 is 0 Å². The summed E-state index contributed by atoms with van der Waals surface area (Å²) >= 11 is 1.65. The number of hydrogen-bond acceptors (Lipinski definition) is 3. The first kappa shape index (κ1) is 17.5. The summed E-state index contributed by atoms with van der Waals surface area (Å²) in [5, 5.41) is 0. The van der Waals surface area contributed by atoms with Gasteiger partial charge in [-0.1, -0.05) is 37.6 Å². The van der Waals surface area contributed by atoms with E-state index in [2.05, 4.69) is 53.7 Å². The highest BCUT2D eigenvalue weighted by Gasteiger charge is 2.14. The molecular weight excluding hydrogens is 354 g/mol. The Morgan fingerprint density at radius 3 is 2.78 bits per heavy atom. The lowest BCUT2D eigenvalue weighted by Gasteiger charge is -2.03. The second kappa shape index (κ2) is 7.37. The molecule has 0 atom stereocenters. The minimum Gasteiger partial charge on any atom is -0.359 e. The van der Waals surface area contributed by atoms with E-state index in [-0.39, 0.29) is 5.78 Å². The number of aryl methyl sites for hydroxylation is 2. The van der Waals surface area contributed by atoms with E-state index >= 15 is 0 Å². The van der Waals surface area contributed by atoms with Gasteiger partial charge in [-0.2, -0.15) is 0 Å². The number of hydrogen-bond donors (Lipinski definition) is 1. The molecular formula is C22H21N3OS. The predicted octanol–water partition coefficient (Wildman–Crippen LogP) is 5.55. The van der Waals surface area contributed by atoms with Gasteiger partial charge in [-0.3, -0.25) is 9.20 Å². The molecule has 136 valence electrons. The monoisotopic (exact) mass is 375 g/mol. The van der Waals surface area contributed by atoms with E-state index in [1.165, 1.54) is 10.4 Å². The summed E-state index contributed by atoms with van der Waals surface area (Å²) in [5.74, 6) is -0.0499. The van der Waals surface area contributed by atoms with E-state index < -0.39 is 0 Å². The lowest BCUT2D eigenvalue weighted by atomic mass is 10.0. The van der Waals surface area contributed by atoms with Crippen LogP contribution in [0.3, 0.4) is 0 Å². The van der Waals surface area contributed by atoms with Crippen LogP contribution in [0.15, 0.2) is 54.9 Å². The number of allylic oxidation sites excluding steroid dienone is 1. The van der Waals surface area contributed by atoms with Gasteiger partial charge in [0.2, 0.25) is 5.78 Å². The maximum Gasteiger partial charge on any atom is 0.202 e. The highest BCUT2D eigenvalue weighted by atomic mass is 32.1. The molecule has 0 unspecified atom stereocenters. The number of ketones is 1. The average Bonchev–Trinajstić information content (AvgIpc) is 3.37. The SMILES string of the molecule is CCCc1ccc(-c2nc3sc(C)cn3c2C=CC(=O)c2ccc[nH]2)cc1. The molecule has 0 aliphatic rings. The maximum atomic E-state index is 12.4. The number of H-pyrrole nitrogens is 1. The van der Waals surface area contributed by atoms with Crippen LogP contribution in [0.4, 0.5) is 0 Å². The molecule has 27 heavy (non-hydrogen) atoms. The van der Waals surface area contributed by atoms with Crippen molar-refractivity contribution in [2.75, 3.05) is 0 Å². The van der Waals surface area contributed by atoms with Crippen molar-refractivity contribution in [1.29, 1.82) is 0 Å². The number of nitrogens with zero attached hydrogens (tertiary/aromatic N) is 2. The fourth-order valence-electron chi connectivity index (χ4n) is 3.19. The van der Waals surface area contributed by atoms with Crippen LogP contribution in [-0.4, -0.2) is 20.2 Å². The van der Waals surface area contributed by atoms with Crippen LogP contribution in [0.5, 0.6) is 0 Å². The molecule has 0 saturated heterocycles. The molecule has 1 aromatic carbocycles. The first-order valence-corrected chi connectivity index (χ1v) is 9.91. The first-order chi connectivity index (χ1) is 13.2. The van der Waals surface area contributed by atoms with Gasteiger partial charge in [0.05, 0.1) is 17.1 Å². The van der Waals surface area contributed by atoms with Crippen LogP contribution in [0.2, 0.25) is 0 Å². The standard InChI is InChI=1S/C22H21N3OS/c1-3-5-16-7-9-17(10-8-16)21-19(25-14-15(2)27-22(25)24-21)11-12-20(26)18-6-4-13-23-18/h4,6-14,23H,3,5H2,1-2H3. The summed E-state index contributed by atoms with van der Waals surface area (Å²) in [6.07, 6.45) is 9.51. The number of carbonyl (C=O) groups excluding carboxylic acids is 1. The number of aromatic amines is 1. The van der Waals surface area contributed by atoms with Crippen LogP contribution in [-0.2, 0) is 6.42 Å². The van der Waals surface area contributed by atoms with E-state index in [9.17, 15) is 4.79 Å². The second-order valence-corrected chi connectivity index (χ2v) is 7.78. The van der Waals surface area contributed by atoms with Crippen molar-refractivity contribution in [2.24, 2.45) is 0 Å². The Bertz CT molecular complexity index is 1100. The zero-order valence-electron chi connectivity index (χ0n) is 15.4. The minimum atomic E-state index is -0.0499. The molecule has 0 aliphatic carbocycles. The Balaban J connectivity index is 1.75. The Morgan fingerprint density at radius 2 is 2.07 bits per heavy atom. The molecule has 0 spiro atoms. The Labute approximate surface area is 162 Å². The van der Waals surface area contributed by atoms with Gasteiger partial charge in [0.15, 0.2) is 4.96 Å². The fraction of sp³-hybridized carbons (Fsp3) is 0.182. The number of thiazole rings is 1. The summed E-state index contributed by atoms with van der Waals surface area (Å²) in [7, 11) is 0. The predicted molar refractivity (Wildman–Crippen MR) is 111 cm³/mol. The van der Waals surface area contributed by atoms with Crippen molar-refractivity contribution in [2.45, 2.75) is 26.7 Å². The third-order valence-electron chi connectivity index (χ3n) is 4.50. The highest BCUT2D eigenvalue weighted by molar-refractivity contribution is 7.17. The first-order valence-electron chi connectivity index (χ1n) is 9.09. The topological polar surface area (TPSA) is 50.2 Å². The fourth-order valence-corrected chi connectivity index (χ4v) is 4.02. The van der Waals surface area contributed by atoms with Crippen LogP contribution in [0, 0.1) is 6.92 Å². The lowest BCUT2D eigenvalue weighted by molar-refractivity contribution is 0.104. The lowest BCUT2D eigenvalue weighted by Crippen LogP contribution is -1.94. The van der Waals surface area contributed by atoms with Gasteiger partial charge in [0.25, 0.3) is 0 Å². The number of rotatable bonds is 6. The maximum absolute atomic E-state index is 12.4. The molecule has 0 radical (unpaired) electrons. The number of benzene rings is 1. The Hall–Kier alpha value is -2.92. The van der Waals surface area contributed by atoms with Gasteiger partial charge in [-0.05, 0) is 43.2 Å². The number of nitrogens with one attached hydrogen (secondary N) is 1. The number of aromatic nitrogens is 3. The van der Waals surface area contributed by atoms with Crippen molar-refractivity contribution in [3.63, 3.8) is 0 Å². The van der Waals surface area contributed by atoms with E-state index in [1.807, 2.05) is 12.1 Å². The highest BCUT2D eigenvalue weighted by Crippen LogP contribution is 2.29. The molecule has 0 amide bonds. The van der Waals surface area contributed by atoms with Gasteiger partial charge in [-0.15, -0.1) is 11.3 Å². The summed E-state index contributed by atoms with van der Waals surface area (Å²) in [6, 6.07) is 12.2. The Kier molecular flexibility index (Phi) is 4.77. The van der Waals surface area contributed by atoms with Gasteiger partial charge in [-0.25, -0.2) is 4.98 Å². The quantitative estimate of drug-likeness (QED) is 0.355. The molecule has 0 fully saturated rings. The molecule has 0 aliphatic heterocycles. The summed E-state index contributed by atoms with van der Waals surface area (Å²) in [6.45, 7) is 4.25. The molecule has 3 heterocycles. The van der Waals surface area contributed by atoms with E-state index in [0.717, 1.165) is 34.8 Å². The molecule has 4 aromatic rings. The molecule has 0 saturated carbocycles. The minimum absolute atomic E-state index is 0.0499. The normalized spacial score (nSPS) is 11.6. The summed E-state index contributed by atoms with van der Waals surface area (Å²) < 4.78 is 2.06. The van der Waals surface area contributed by atoms with Crippen molar-refractivity contribution in [3.8, 4) is 11.3 Å². The Morgan fingerprint density at radius 1 is 1.26 bits per heavy atom.